The minimum atomic E-state index is -0.703. The van der Waals surface area contributed by atoms with E-state index in [1.165, 1.54) is 100 Å². The van der Waals surface area contributed by atoms with Crippen molar-refractivity contribution >= 4 is 0 Å². The summed E-state index contributed by atoms with van der Waals surface area (Å²) in [6, 6.07) is 0. The molecular formula is C35H40Y-2. The van der Waals surface area contributed by atoms with Gasteiger partial charge in [0, 0.05) is 32.7 Å². The Balaban J connectivity index is 0.00000361. The normalized spacial score (nSPS) is 13.2. The fourth-order valence-corrected chi connectivity index (χ4v) is 6.74. The number of benzene rings is 3. The molecule has 0 N–H and O–H groups in total. The van der Waals surface area contributed by atoms with Gasteiger partial charge < -0.3 is 13.2 Å². The molecule has 0 saturated carbocycles. The molecule has 36 heavy (non-hydrogen) atoms. The topological polar surface area (TPSA) is 0 Å². The first-order valence-corrected chi connectivity index (χ1v) is 12.7. The first kappa shape index (κ1) is 28.8. The van der Waals surface area contributed by atoms with Gasteiger partial charge in [0.05, 0.1) is 0 Å². The van der Waals surface area contributed by atoms with Gasteiger partial charge in [-0.05, 0) is 189 Å². The van der Waals surface area contributed by atoms with Gasteiger partial charge in [0.1, 0.15) is 0 Å². The molecule has 0 bridgehead atoms. The molecule has 1 radical (unpaired) electrons. The molecule has 4 rings (SSSR count). The van der Waals surface area contributed by atoms with E-state index in [0.717, 1.165) is 0 Å². The molecule has 0 heterocycles. The average molecular weight is 550 g/mol. The van der Waals surface area contributed by atoms with Crippen molar-refractivity contribution in [2.24, 2.45) is 0 Å². The molecule has 0 amide bonds. The number of hydrogen-bond acceptors (Lipinski definition) is 0. The summed E-state index contributed by atoms with van der Waals surface area (Å²) in [7, 11) is 0. The van der Waals surface area contributed by atoms with Crippen LogP contribution in [0, 0.1) is 96.2 Å². The zero-order chi connectivity index (χ0) is 26.3. The van der Waals surface area contributed by atoms with E-state index in [2.05, 4.69) is 83.1 Å². The monoisotopic (exact) mass is 549 g/mol. The van der Waals surface area contributed by atoms with Gasteiger partial charge >= 0.3 is 0 Å². The summed E-state index contributed by atoms with van der Waals surface area (Å²) >= 11 is 0. The van der Waals surface area contributed by atoms with Crippen molar-refractivity contribution < 1.29 is 32.7 Å². The maximum absolute atomic E-state index is 6.70. The quantitative estimate of drug-likeness (QED) is 0.280. The van der Waals surface area contributed by atoms with Gasteiger partial charge in [0.15, 0.2) is 0 Å². The first-order valence-electron chi connectivity index (χ1n) is 12.7. The van der Waals surface area contributed by atoms with Gasteiger partial charge in [0.2, 0.25) is 0 Å². The summed E-state index contributed by atoms with van der Waals surface area (Å²) in [5.41, 5.74) is 23.0. The van der Waals surface area contributed by atoms with E-state index in [0.29, 0.717) is 0 Å². The number of hydrogen-bond donors (Lipinski definition) is 0. The molecule has 0 spiro atoms. The van der Waals surface area contributed by atoms with Crippen LogP contribution in [-0.2, 0) is 38.1 Å². The second-order valence-electron chi connectivity index (χ2n) is 11.0. The molecule has 0 aliphatic heterocycles. The molecule has 185 valence electrons. The summed E-state index contributed by atoms with van der Waals surface area (Å²) in [5.74, 6) is 0. The molecule has 0 nitrogen and oxygen atoms in total. The standard InChI is InChI=1S/C35H40.Y/c1-15-35(16-2)33-27(13)21(7)19(5)25(11)31(33)29-23(9)17(3)18(4)24(10)30(29)32-26(12)20(6)22(8)28(14)34(32)35;/h1-2,15-16H,3-14H3;/q-2;. The number of rotatable bonds is 2. The third-order valence-corrected chi connectivity index (χ3v) is 9.92. The van der Waals surface area contributed by atoms with Crippen LogP contribution in [0.2, 0.25) is 0 Å². The second kappa shape index (κ2) is 9.52. The van der Waals surface area contributed by atoms with Crippen LogP contribution >= 0.6 is 0 Å². The maximum atomic E-state index is 6.70. The Hall–Kier alpha value is -1.76. The fourth-order valence-electron chi connectivity index (χ4n) is 6.74. The molecule has 1 aliphatic carbocycles. The number of fused-ring (bicyclic) bond motifs is 5. The molecule has 3 aromatic rings. The van der Waals surface area contributed by atoms with Crippen molar-refractivity contribution in [1.82, 2.24) is 0 Å². The van der Waals surface area contributed by atoms with Crippen molar-refractivity contribution in [3.63, 3.8) is 0 Å². The largest absolute Gasteiger partial charge is 0.516 e. The molecule has 0 fully saturated rings. The van der Waals surface area contributed by atoms with Crippen LogP contribution in [0.4, 0.5) is 0 Å². The number of allylic oxidation sites excluding steroid dienone is 2. The summed E-state index contributed by atoms with van der Waals surface area (Å²) < 4.78 is 0. The van der Waals surface area contributed by atoms with E-state index in [1.54, 1.807) is 0 Å². The van der Waals surface area contributed by atoms with Crippen LogP contribution in [0.15, 0.2) is 12.2 Å². The third kappa shape index (κ3) is 3.40. The maximum Gasteiger partial charge on any atom is 0 e. The predicted octanol–water partition coefficient (Wildman–Crippen LogP) is 9.30. The Labute approximate surface area is 245 Å². The Bertz CT molecular complexity index is 1360. The summed E-state index contributed by atoms with van der Waals surface area (Å²) in [5, 5.41) is 0. The Morgan fingerprint density at radius 3 is 0.833 bits per heavy atom. The fraction of sp³-hybridized carbons (Fsp3) is 0.371. The van der Waals surface area contributed by atoms with Gasteiger partial charge in [0.25, 0.3) is 0 Å². The molecule has 1 heteroatoms. The van der Waals surface area contributed by atoms with Crippen molar-refractivity contribution in [2.75, 3.05) is 0 Å². The van der Waals surface area contributed by atoms with Crippen molar-refractivity contribution in [2.45, 2.75) is 88.5 Å². The first-order chi connectivity index (χ1) is 16.3. The van der Waals surface area contributed by atoms with Crippen molar-refractivity contribution in [3.05, 3.63) is 103 Å². The van der Waals surface area contributed by atoms with Gasteiger partial charge in [-0.1, -0.05) is 0 Å². The molecular weight excluding hydrogens is 509 g/mol. The average Bonchev–Trinajstić information content (AvgIpc) is 2.96. The van der Waals surface area contributed by atoms with E-state index >= 15 is 0 Å². The zero-order valence-corrected chi connectivity index (χ0v) is 27.2. The minimum absolute atomic E-state index is 0. The smallest absolute Gasteiger partial charge is 0 e. The van der Waals surface area contributed by atoms with Crippen LogP contribution in [0.1, 0.15) is 77.9 Å². The third-order valence-electron chi connectivity index (χ3n) is 9.92. The summed E-state index contributed by atoms with van der Waals surface area (Å²) in [6.07, 6.45) is 3.70. The Morgan fingerprint density at radius 2 is 0.583 bits per heavy atom. The van der Waals surface area contributed by atoms with Crippen LogP contribution < -0.4 is 0 Å². The Kier molecular flexibility index (Phi) is 7.62. The van der Waals surface area contributed by atoms with E-state index < -0.39 is 5.41 Å². The SMILES string of the molecule is [CH-]=CC1(C=[CH-])c2c(C)c(C)c(C)c(C)c2-c2c(C)c(C)c(C)c(C)c2-c2c(C)c(C)c(C)c(C)c21.[Y]. The van der Waals surface area contributed by atoms with E-state index in [1.807, 2.05) is 12.2 Å². The predicted molar refractivity (Wildman–Crippen MR) is 153 cm³/mol. The molecule has 3 aromatic carbocycles. The zero-order valence-electron chi connectivity index (χ0n) is 24.4. The van der Waals surface area contributed by atoms with Crippen LogP contribution in [-0.4, -0.2) is 0 Å². The summed E-state index contributed by atoms with van der Waals surface area (Å²) in [6.45, 7) is 40.5. The summed E-state index contributed by atoms with van der Waals surface area (Å²) in [4.78, 5) is 0. The van der Waals surface area contributed by atoms with Crippen LogP contribution in [0.3, 0.4) is 0 Å². The van der Waals surface area contributed by atoms with Crippen LogP contribution in [0.25, 0.3) is 22.3 Å². The van der Waals surface area contributed by atoms with Crippen molar-refractivity contribution in [1.29, 1.82) is 0 Å². The van der Waals surface area contributed by atoms with Gasteiger partial charge in [-0.15, -0.1) is 0 Å². The van der Waals surface area contributed by atoms with Gasteiger partial charge in [-0.2, -0.15) is 0 Å². The molecule has 0 aromatic heterocycles. The van der Waals surface area contributed by atoms with E-state index in [9.17, 15) is 0 Å². The second-order valence-corrected chi connectivity index (χ2v) is 11.0. The van der Waals surface area contributed by atoms with Crippen molar-refractivity contribution in [3.8, 4) is 22.3 Å². The van der Waals surface area contributed by atoms with Gasteiger partial charge in [-0.25, -0.2) is 0 Å². The van der Waals surface area contributed by atoms with E-state index in [4.69, 9.17) is 13.2 Å². The van der Waals surface area contributed by atoms with Crippen LogP contribution in [0.5, 0.6) is 0 Å². The van der Waals surface area contributed by atoms with E-state index in [-0.39, 0.29) is 32.7 Å². The molecule has 0 atom stereocenters. The Morgan fingerprint density at radius 1 is 0.361 bits per heavy atom. The van der Waals surface area contributed by atoms with Gasteiger partial charge in [-0.3, -0.25) is 12.2 Å². The molecule has 0 unspecified atom stereocenters. The minimum Gasteiger partial charge on any atom is -0.516 e. The molecule has 1 aliphatic rings. The molecule has 0 saturated heterocycles.